The number of Topliss-reactive ketones (excluding diaryl/α,β-unsaturated/α-hetero) is 1. The van der Waals surface area contributed by atoms with Gasteiger partial charge in [0.15, 0.2) is 5.78 Å². The number of nitrogens with one attached hydrogen (secondary N) is 1. The van der Waals surface area contributed by atoms with Gasteiger partial charge in [0.1, 0.15) is 18.1 Å². The number of ether oxygens (including phenoxy) is 2. The molecule has 2 N–H and O–H groups in total. The van der Waals surface area contributed by atoms with Gasteiger partial charge in [-0.05, 0) is 91.9 Å². The number of nitrogens with zero attached hydrogens (tertiary/aromatic N) is 2. The minimum Gasteiger partial charge on any atom is -0.497 e. The van der Waals surface area contributed by atoms with Crippen molar-refractivity contribution in [1.29, 1.82) is 0 Å². The molecular weight excluding hydrogens is 757 g/mol. The van der Waals surface area contributed by atoms with Crippen molar-refractivity contribution in [3.05, 3.63) is 129 Å². The molecule has 2 aliphatic carbocycles. The average molecular weight is 795 g/mol. The number of carbonyl (C=O) groups excluding carboxylic acids is 5. The van der Waals surface area contributed by atoms with Crippen LogP contribution in [0.2, 0.25) is 10.0 Å². The van der Waals surface area contributed by atoms with Crippen molar-refractivity contribution in [3.8, 4) is 11.5 Å². The predicted octanol–water partition coefficient (Wildman–Crippen LogP) is 6.77. The van der Waals surface area contributed by atoms with Crippen LogP contribution < -0.4 is 19.8 Å². The maximum Gasteiger partial charge on any atom is 0.260 e. The summed E-state index contributed by atoms with van der Waals surface area (Å²) in [5.41, 5.74) is 4.35. The van der Waals surface area contributed by atoms with Crippen molar-refractivity contribution in [2.75, 3.05) is 30.6 Å². The number of methoxy groups -OCH3 is 1. The number of ketones is 1. The predicted molar refractivity (Wildman–Crippen MR) is 209 cm³/mol. The molecule has 4 aliphatic rings. The fourth-order valence-electron chi connectivity index (χ4n) is 9.29. The van der Waals surface area contributed by atoms with Crippen LogP contribution in [0.4, 0.5) is 11.4 Å². The van der Waals surface area contributed by atoms with E-state index in [1.165, 1.54) is 25.0 Å². The number of allylic oxidation sites excluding steroid dienone is 2. The highest BCUT2D eigenvalue weighted by molar-refractivity contribution is 6.36. The van der Waals surface area contributed by atoms with Gasteiger partial charge in [-0.15, -0.1) is 0 Å². The first-order chi connectivity index (χ1) is 27.0. The third kappa shape index (κ3) is 5.79. The zero-order valence-electron chi connectivity index (χ0n) is 30.4. The van der Waals surface area contributed by atoms with Gasteiger partial charge in [-0.2, -0.15) is 5.01 Å². The lowest BCUT2D eigenvalue weighted by Gasteiger charge is -2.50. The van der Waals surface area contributed by atoms with E-state index >= 15 is 9.59 Å². The van der Waals surface area contributed by atoms with Gasteiger partial charge in [0.25, 0.3) is 11.8 Å². The maximum atomic E-state index is 15.5. The summed E-state index contributed by atoms with van der Waals surface area (Å²) in [5.74, 6) is -5.15. The van der Waals surface area contributed by atoms with Gasteiger partial charge in [-0.3, -0.25) is 34.3 Å². The highest BCUT2D eigenvalue weighted by Gasteiger charge is 2.70. The summed E-state index contributed by atoms with van der Waals surface area (Å²) in [7, 11) is 1.54. The van der Waals surface area contributed by atoms with Gasteiger partial charge >= 0.3 is 0 Å². The molecule has 2 aliphatic heterocycles. The van der Waals surface area contributed by atoms with Crippen molar-refractivity contribution in [3.63, 3.8) is 0 Å². The zero-order valence-corrected chi connectivity index (χ0v) is 31.9. The van der Waals surface area contributed by atoms with Gasteiger partial charge in [0.2, 0.25) is 11.8 Å². The molecule has 0 bridgehead atoms. The summed E-state index contributed by atoms with van der Waals surface area (Å²) < 4.78 is 11.6. The van der Waals surface area contributed by atoms with E-state index in [0.717, 1.165) is 10.6 Å². The van der Waals surface area contributed by atoms with Gasteiger partial charge in [0, 0.05) is 22.1 Å². The largest absolute Gasteiger partial charge is 0.497 e. The molecular formula is C43H37Cl2N3O8. The number of aliphatic hydroxyl groups is 1. The smallest absolute Gasteiger partial charge is 0.260 e. The molecule has 4 aromatic rings. The van der Waals surface area contributed by atoms with E-state index in [9.17, 15) is 19.5 Å². The number of carbonyl (C=O) groups is 5. The SMILES string of the molecule is COc1ccc([C@@]23C(=O)N(Nc4ccc(Cl)cc4Cl)C(=O)[C@@H]2C[C@@H]2C(=CC[C@@H]4C(=O)N(c5ccc(C(C)=O)cc5)C(=O)[C@@H]42)[C@@H]3c2ccccc2OCCO)cc1. The second-order valence-corrected chi connectivity index (χ2v) is 15.3. The number of rotatable bonds is 10. The molecule has 4 amide bonds. The van der Waals surface area contributed by atoms with Crippen LogP contribution >= 0.6 is 23.2 Å². The molecule has 11 nitrogen and oxygen atoms in total. The zero-order chi connectivity index (χ0) is 39.5. The Balaban J connectivity index is 1.32. The number of aliphatic hydroxyl groups excluding tert-OH is 1. The molecule has 6 atom stereocenters. The van der Waals surface area contributed by atoms with Crippen LogP contribution in [0.25, 0.3) is 0 Å². The molecule has 0 unspecified atom stereocenters. The van der Waals surface area contributed by atoms with Crippen LogP contribution in [0.5, 0.6) is 11.5 Å². The fraction of sp³-hybridized carbons (Fsp3) is 0.279. The molecule has 4 aromatic carbocycles. The Kier molecular flexibility index (Phi) is 9.72. The van der Waals surface area contributed by atoms with Crippen LogP contribution in [0.1, 0.15) is 47.2 Å². The van der Waals surface area contributed by atoms with E-state index in [4.69, 9.17) is 32.7 Å². The van der Waals surface area contributed by atoms with Crippen molar-refractivity contribution in [2.24, 2.45) is 23.7 Å². The maximum absolute atomic E-state index is 15.5. The molecule has 286 valence electrons. The van der Waals surface area contributed by atoms with Crippen LogP contribution in [0, 0.1) is 23.7 Å². The second kappa shape index (κ2) is 14.5. The lowest BCUT2D eigenvalue weighted by atomic mass is 9.49. The quantitative estimate of drug-likeness (QED) is 0.101. The molecule has 8 rings (SSSR count). The van der Waals surface area contributed by atoms with Crippen molar-refractivity contribution < 1.29 is 38.6 Å². The number of halogens is 2. The lowest BCUT2D eigenvalue weighted by molar-refractivity contribution is -0.138. The molecule has 1 saturated carbocycles. The fourth-order valence-corrected chi connectivity index (χ4v) is 9.74. The topological polar surface area (TPSA) is 143 Å². The van der Waals surface area contributed by atoms with Gasteiger partial charge < -0.3 is 14.6 Å². The Morgan fingerprint density at radius 3 is 2.32 bits per heavy atom. The van der Waals surface area contributed by atoms with Crippen LogP contribution in [0.15, 0.2) is 103 Å². The van der Waals surface area contributed by atoms with E-state index < -0.39 is 52.7 Å². The average Bonchev–Trinajstić information content (AvgIpc) is 3.58. The Bertz CT molecular complexity index is 2310. The van der Waals surface area contributed by atoms with Gasteiger partial charge in [-0.1, -0.05) is 65.2 Å². The van der Waals surface area contributed by atoms with Crippen molar-refractivity contribution >= 4 is 64.0 Å². The minimum absolute atomic E-state index is 0.0319. The Hall–Kier alpha value is -5.49. The third-order valence-electron chi connectivity index (χ3n) is 11.7. The number of hydrogen-bond donors (Lipinski definition) is 2. The molecule has 0 radical (unpaired) electrons. The summed E-state index contributed by atoms with van der Waals surface area (Å²) >= 11 is 12.8. The Labute approximate surface area is 332 Å². The first-order valence-electron chi connectivity index (χ1n) is 18.3. The number of fused-ring (bicyclic) bond motifs is 4. The first kappa shape index (κ1) is 37.4. The third-order valence-corrected chi connectivity index (χ3v) is 12.2. The van der Waals surface area contributed by atoms with E-state index in [0.29, 0.717) is 38.9 Å². The summed E-state index contributed by atoms with van der Waals surface area (Å²) in [4.78, 5) is 72.6. The standard InChI is InChI=1S/C43H37Cl2N3O8/c1-23(50)24-7-12-27(13-8-24)47-39(51)31-17-16-29-32(37(31)41(47)53)22-33-40(52)48(46-35-18-11-26(44)21-34(35)45)42(54)43(33,25-9-14-28(55-2)15-10-25)38(29)30-5-3-4-6-36(30)56-20-19-49/h3-16,18,21,31-33,37-38,46,49H,17,19-20,22H2,1-2H3/t31-,32+,33-,37-,38+,43+/m0/s1. The molecule has 2 heterocycles. The highest BCUT2D eigenvalue weighted by Crippen LogP contribution is 2.65. The summed E-state index contributed by atoms with van der Waals surface area (Å²) in [6.07, 6.45) is 2.24. The van der Waals surface area contributed by atoms with Gasteiger partial charge in [-0.25, -0.2) is 0 Å². The van der Waals surface area contributed by atoms with Crippen LogP contribution in [-0.2, 0) is 24.6 Å². The minimum atomic E-state index is -1.59. The molecule has 13 heteroatoms. The number of hydrazine groups is 1. The number of para-hydroxylation sites is 1. The number of imide groups is 2. The first-order valence-corrected chi connectivity index (χ1v) is 19.0. The Morgan fingerprint density at radius 1 is 0.911 bits per heavy atom. The van der Waals surface area contributed by atoms with E-state index in [1.807, 2.05) is 18.2 Å². The normalized spacial score (nSPS) is 25.4. The van der Waals surface area contributed by atoms with Crippen molar-refractivity contribution in [1.82, 2.24) is 5.01 Å². The van der Waals surface area contributed by atoms with Crippen molar-refractivity contribution in [2.45, 2.75) is 31.1 Å². The summed E-state index contributed by atoms with van der Waals surface area (Å²) in [6.45, 7) is 1.14. The molecule has 3 fully saturated rings. The monoisotopic (exact) mass is 793 g/mol. The summed E-state index contributed by atoms with van der Waals surface area (Å²) in [5, 5.41) is 11.3. The van der Waals surface area contributed by atoms with Crippen LogP contribution in [0.3, 0.4) is 0 Å². The second-order valence-electron chi connectivity index (χ2n) is 14.4. The van der Waals surface area contributed by atoms with E-state index in [2.05, 4.69) is 5.43 Å². The summed E-state index contributed by atoms with van der Waals surface area (Å²) in [6, 6.07) is 25.3. The number of hydrogen-bond acceptors (Lipinski definition) is 9. The number of amides is 4. The lowest BCUT2D eigenvalue weighted by Crippen LogP contribution is -2.53. The van der Waals surface area contributed by atoms with E-state index in [1.54, 1.807) is 72.8 Å². The number of anilines is 2. The van der Waals surface area contributed by atoms with Gasteiger partial charge in [0.05, 0.1) is 53.3 Å². The molecule has 56 heavy (non-hydrogen) atoms. The molecule has 0 aromatic heterocycles. The Morgan fingerprint density at radius 2 is 1.64 bits per heavy atom. The van der Waals surface area contributed by atoms with Crippen LogP contribution in [-0.4, -0.2) is 59.9 Å². The number of benzene rings is 4. The van der Waals surface area contributed by atoms with E-state index in [-0.39, 0.29) is 48.5 Å². The molecule has 2 saturated heterocycles. The molecule has 0 spiro atoms. The highest BCUT2D eigenvalue weighted by atomic mass is 35.5.